The van der Waals surface area contributed by atoms with Crippen molar-refractivity contribution >= 4 is 5.97 Å². The Hall–Kier alpha value is -1.62. The molecule has 0 aromatic carbocycles. The smallest absolute Gasteiger partial charge is 0.317 e. The van der Waals surface area contributed by atoms with Crippen LogP contribution in [0.2, 0.25) is 0 Å². The molecule has 1 heterocycles. The van der Waals surface area contributed by atoms with Crippen LogP contribution < -0.4 is 0 Å². The summed E-state index contributed by atoms with van der Waals surface area (Å²) >= 11 is 0. The summed E-state index contributed by atoms with van der Waals surface area (Å²) in [7, 11) is 0. The first-order valence-electron chi connectivity index (χ1n) is 5.51. The molecule has 17 heavy (non-hydrogen) atoms. The van der Waals surface area contributed by atoms with E-state index in [1.807, 2.05) is 20.8 Å². The number of aromatic hydroxyl groups is 1. The number of pyridine rings is 1. The fraction of sp³-hybridized carbons (Fsp3) is 0.500. The van der Waals surface area contributed by atoms with Crippen molar-refractivity contribution in [1.82, 2.24) is 9.88 Å². The molecule has 2 N–H and O–H groups in total. The maximum absolute atomic E-state index is 10.7. The molecular formula is C12H18N2O3. The number of carboxylic acids is 1. The van der Waals surface area contributed by atoms with Crippen LogP contribution in [0, 0.1) is 6.92 Å². The fourth-order valence-electron chi connectivity index (χ4n) is 1.51. The van der Waals surface area contributed by atoms with Crippen molar-refractivity contribution in [3.63, 3.8) is 0 Å². The third-order valence-electron chi connectivity index (χ3n) is 2.51. The summed E-state index contributed by atoms with van der Waals surface area (Å²) in [6.07, 6.45) is 0. The minimum atomic E-state index is -0.883. The van der Waals surface area contributed by atoms with Crippen molar-refractivity contribution in [2.45, 2.75) is 33.4 Å². The van der Waals surface area contributed by atoms with Crippen LogP contribution in [0.15, 0.2) is 12.1 Å². The summed E-state index contributed by atoms with van der Waals surface area (Å²) in [5, 5.41) is 18.5. The number of aryl methyl sites for hydroxylation is 1. The number of rotatable bonds is 5. The standard InChI is InChI=1S/C12H18N2O3/c1-8(2)14(7-12(16)17)6-10-11(15)5-4-9(3)13-10/h4-5,8,15H,6-7H2,1-3H3,(H,16,17). The molecule has 1 aromatic rings. The first kappa shape index (κ1) is 13.4. The predicted molar refractivity (Wildman–Crippen MR) is 63.8 cm³/mol. The van der Waals surface area contributed by atoms with E-state index in [2.05, 4.69) is 4.98 Å². The Kier molecular flexibility index (Phi) is 4.45. The largest absolute Gasteiger partial charge is 0.506 e. The van der Waals surface area contributed by atoms with Gasteiger partial charge in [0.15, 0.2) is 0 Å². The summed E-state index contributed by atoms with van der Waals surface area (Å²) in [5.74, 6) is -0.780. The third-order valence-corrected chi connectivity index (χ3v) is 2.51. The van der Waals surface area contributed by atoms with E-state index in [9.17, 15) is 9.90 Å². The van der Waals surface area contributed by atoms with Gasteiger partial charge in [0.25, 0.3) is 0 Å². The van der Waals surface area contributed by atoms with Gasteiger partial charge in [0.2, 0.25) is 0 Å². The molecule has 0 fully saturated rings. The average molecular weight is 238 g/mol. The van der Waals surface area contributed by atoms with Gasteiger partial charge in [-0.15, -0.1) is 0 Å². The Morgan fingerprint density at radius 3 is 2.65 bits per heavy atom. The van der Waals surface area contributed by atoms with E-state index in [-0.39, 0.29) is 18.3 Å². The Morgan fingerprint density at radius 2 is 2.12 bits per heavy atom. The fourth-order valence-corrected chi connectivity index (χ4v) is 1.51. The van der Waals surface area contributed by atoms with Gasteiger partial charge in [0.05, 0.1) is 12.2 Å². The lowest BCUT2D eigenvalue weighted by molar-refractivity contribution is -0.139. The van der Waals surface area contributed by atoms with E-state index in [0.717, 1.165) is 5.69 Å². The first-order chi connectivity index (χ1) is 7.90. The summed E-state index contributed by atoms with van der Waals surface area (Å²) in [4.78, 5) is 16.7. The van der Waals surface area contributed by atoms with Crippen LogP contribution in [-0.4, -0.2) is 38.7 Å². The number of carbonyl (C=O) groups is 1. The predicted octanol–water partition coefficient (Wildman–Crippen LogP) is 1.39. The number of aliphatic carboxylic acids is 1. The second kappa shape index (κ2) is 5.63. The molecule has 0 atom stereocenters. The summed E-state index contributed by atoms with van der Waals surface area (Å²) in [5.41, 5.74) is 1.32. The maximum Gasteiger partial charge on any atom is 0.317 e. The van der Waals surface area contributed by atoms with Gasteiger partial charge >= 0.3 is 5.97 Å². The number of carboxylic acid groups (broad SMARTS) is 1. The van der Waals surface area contributed by atoms with Crippen molar-refractivity contribution in [2.24, 2.45) is 0 Å². The normalized spacial score (nSPS) is 11.1. The Balaban J connectivity index is 2.85. The molecule has 5 nitrogen and oxygen atoms in total. The van der Waals surface area contributed by atoms with E-state index in [1.54, 1.807) is 17.0 Å². The molecule has 5 heteroatoms. The number of hydrogen-bond donors (Lipinski definition) is 2. The van der Waals surface area contributed by atoms with Gasteiger partial charge in [0, 0.05) is 18.3 Å². The van der Waals surface area contributed by atoms with Gasteiger partial charge in [-0.05, 0) is 32.9 Å². The number of aromatic nitrogens is 1. The van der Waals surface area contributed by atoms with E-state index in [4.69, 9.17) is 5.11 Å². The van der Waals surface area contributed by atoms with Gasteiger partial charge in [-0.25, -0.2) is 0 Å². The molecule has 0 radical (unpaired) electrons. The zero-order chi connectivity index (χ0) is 13.0. The molecule has 0 aliphatic heterocycles. The second-order valence-electron chi connectivity index (χ2n) is 4.31. The highest BCUT2D eigenvalue weighted by atomic mass is 16.4. The third kappa shape index (κ3) is 4.03. The van der Waals surface area contributed by atoms with E-state index < -0.39 is 5.97 Å². The van der Waals surface area contributed by atoms with Crippen molar-refractivity contribution in [2.75, 3.05) is 6.54 Å². The molecule has 0 unspecified atom stereocenters. The van der Waals surface area contributed by atoms with Gasteiger partial charge in [-0.2, -0.15) is 0 Å². The summed E-state index contributed by atoms with van der Waals surface area (Å²) < 4.78 is 0. The molecular weight excluding hydrogens is 220 g/mol. The van der Waals surface area contributed by atoms with Crippen molar-refractivity contribution in [1.29, 1.82) is 0 Å². The number of nitrogens with zero attached hydrogens (tertiary/aromatic N) is 2. The van der Waals surface area contributed by atoms with Crippen LogP contribution in [0.25, 0.3) is 0 Å². The zero-order valence-corrected chi connectivity index (χ0v) is 10.3. The van der Waals surface area contributed by atoms with Gasteiger partial charge in [-0.1, -0.05) is 0 Å². The highest BCUT2D eigenvalue weighted by Gasteiger charge is 2.16. The Bertz CT molecular complexity index is 405. The summed E-state index contributed by atoms with van der Waals surface area (Å²) in [6.45, 7) is 5.93. The molecule has 0 bridgehead atoms. The van der Waals surface area contributed by atoms with E-state index in [1.165, 1.54) is 0 Å². The second-order valence-corrected chi connectivity index (χ2v) is 4.31. The van der Waals surface area contributed by atoms with E-state index in [0.29, 0.717) is 12.2 Å². The molecule has 0 saturated heterocycles. The lowest BCUT2D eigenvalue weighted by atomic mass is 10.2. The van der Waals surface area contributed by atoms with Crippen LogP contribution in [0.1, 0.15) is 25.2 Å². The molecule has 1 aromatic heterocycles. The van der Waals surface area contributed by atoms with Crippen LogP contribution in [0.3, 0.4) is 0 Å². The minimum Gasteiger partial charge on any atom is -0.506 e. The van der Waals surface area contributed by atoms with Crippen molar-refractivity contribution < 1.29 is 15.0 Å². The van der Waals surface area contributed by atoms with E-state index >= 15 is 0 Å². The topological polar surface area (TPSA) is 73.7 Å². The minimum absolute atomic E-state index is 0.0628. The molecule has 0 amide bonds. The molecule has 0 saturated carbocycles. The van der Waals surface area contributed by atoms with Crippen LogP contribution in [0.4, 0.5) is 0 Å². The van der Waals surface area contributed by atoms with Crippen LogP contribution in [-0.2, 0) is 11.3 Å². The SMILES string of the molecule is Cc1ccc(O)c(CN(CC(=O)O)C(C)C)n1. The first-order valence-corrected chi connectivity index (χ1v) is 5.51. The maximum atomic E-state index is 10.7. The highest BCUT2D eigenvalue weighted by molar-refractivity contribution is 5.69. The molecule has 94 valence electrons. The van der Waals surface area contributed by atoms with Gasteiger partial charge in [-0.3, -0.25) is 14.7 Å². The van der Waals surface area contributed by atoms with Crippen LogP contribution in [0.5, 0.6) is 5.75 Å². The monoisotopic (exact) mass is 238 g/mol. The van der Waals surface area contributed by atoms with Gasteiger partial charge in [0.1, 0.15) is 5.75 Å². The van der Waals surface area contributed by atoms with Crippen molar-refractivity contribution in [3.05, 3.63) is 23.5 Å². The Morgan fingerprint density at radius 1 is 1.47 bits per heavy atom. The zero-order valence-electron chi connectivity index (χ0n) is 10.3. The molecule has 0 aliphatic rings. The quantitative estimate of drug-likeness (QED) is 0.811. The lowest BCUT2D eigenvalue weighted by Crippen LogP contribution is -2.35. The molecule has 1 rings (SSSR count). The number of hydrogen-bond acceptors (Lipinski definition) is 4. The highest BCUT2D eigenvalue weighted by Crippen LogP contribution is 2.17. The van der Waals surface area contributed by atoms with Crippen LogP contribution >= 0.6 is 0 Å². The Labute approximate surface area is 101 Å². The summed E-state index contributed by atoms with van der Waals surface area (Å²) in [6, 6.07) is 3.37. The van der Waals surface area contributed by atoms with Crippen molar-refractivity contribution in [3.8, 4) is 5.75 Å². The molecule has 0 spiro atoms. The molecule has 0 aliphatic carbocycles. The lowest BCUT2D eigenvalue weighted by Gasteiger charge is -2.24. The van der Waals surface area contributed by atoms with Gasteiger partial charge < -0.3 is 10.2 Å². The average Bonchev–Trinajstić information content (AvgIpc) is 2.21.